The molecule has 0 fully saturated rings. The van der Waals surface area contributed by atoms with Crippen molar-refractivity contribution in [1.29, 1.82) is 0 Å². The van der Waals surface area contributed by atoms with Gasteiger partial charge < -0.3 is 10.8 Å². The summed E-state index contributed by atoms with van der Waals surface area (Å²) in [7, 11) is 0. The van der Waals surface area contributed by atoms with Gasteiger partial charge in [0.1, 0.15) is 0 Å². The number of primary amides is 1. The molecule has 21 heavy (non-hydrogen) atoms. The number of hydrogen-bond acceptors (Lipinski definition) is 2. The predicted octanol–water partition coefficient (Wildman–Crippen LogP) is 4.70. The topological polar surface area (TPSA) is 63.3 Å². The van der Waals surface area contributed by atoms with Crippen LogP contribution in [0.4, 0.5) is 0 Å². The summed E-state index contributed by atoms with van der Waals surface area (Å²) >= 11 is 0. The van der Waals surface area contributed by atoms with E-state index in [1.54, 1.807) is 0 Å². The second-order valence-corrected chi connectivity index (χ2v) is 6.34. The van der Waals surface area contributed by atoms with Gasteiger partial charge in [-0.1, -0.05) is 77.6 Å². The Labute approximate surface area is 131 Å². The van der Waals surface area contributed by atoms with Crippen molar-refractivity contribution in [2.75, 3.05) is 0 Å². The van der Waals surface area contributed by atoms with Crippen LogP contribution in [0.3, 0.4) is 0 Å². The number of hydrogen-bond donors (Lipinski definition) is 2. The minimum Gasteiger partial charge on any atom is -0.393 e. The quantitative estimate of drug-likeness (QED) is 0.406. The fourth-order valence-electron chi connectivity index (χ4n) is 2.75. The maximum absolute atomic E-state index is 10.6. The molecule has 1 atom stereocenters. The summed E-state index contributed by atoms with van der Waals surface area (Å²) in [5.41, 5.74) is 5.10. The van der Waals surface area contributed by atoms with E-state index in [4.69, 9.17) is 5.73 Å². The van der Waals surface area contributed by atoms with Gasteiger partial charge in [0, 0.05) is 6.42 Å². The van der Waals surface area contributed by atoms with Crippen molar-refractivity contribution in [1.82, 2.24) is 0 Å². The molecular weight excluding hydrogens is 262 g/mol. The Balaban J connectivity index is 3.04. The number of aliphatic hydroxyl groups excluding tert-OH is 1. The van der Waals surface area contributed by atoms with Crippen molar-refractivity contribution in [3.63, 3.8) is 0 Å². The standard InChI is InChI=1S/C18H37NO2/c1-2-14-17(20)15-12-10-8-6-4-3-5-7-9-11-13-16-18(19)21/h17,20H,2-16H2,1H3,(H2,19,21). The van der Waals surface area contributed by atoms with E-state index in [0.29, 0.717) is 6.42 Å². The third-order valence-corrected chi connectivity index (χ3v) is 4.08. The largest absolute Gasteiger partial charge is 0.393 e. The van der Waals surface area contributed by atoms with E-state index < -0.39 is 0 Å². The van der Waals surface area contributed by atoms with E-state index in [1.807, 2.05) is 0 Å². The molecule has 1 unspecified atom stereocenters. The second-order valence-electron chi connectivity index (χ2n) is 6.34. The maximum Gasteiger partial charge on any atom is 0.217 e. The number of amides is 1. The molecule has 0 bridgehead atoms. The van der Waals surface area contributed by atoms with Crippen molar-refractivity contribution in [2.45, 2.75) is 109 Å². The Hall–Kier alpha value is -0.570. The van der Waals surface area contributed by atoms with Crippen LogP contribution in [-0.2, 0) is 4.79 Å². The molecule has 0 saturated carbocycles. The second kappa shape index (κ2) is 15.8. The molecule has 3 heteroatoms. The van der Waals surface area contributed by atoms with E-state index in [-0.39, 0.29) is 12.0 Å². The van der Waals surface area contributed by atoms with Crippen LogP contribution in [-0.4, -0.2) is 17.1 Å². The first-order valence-electron chi connectivity index (χ1n) is 9.13. The fourth-order valence-corrected chi connectivity index (χ4v) is 2.75. The van der Waals surface area contributed by atoms with Gasteiger partial charge in [0.15, 0.2) is 0 Å². The third kappa shape index (κ3) is 17.4. The molecular formula is C18H37NO2. The molecule has 0 heterocycles. The Bertz CT molecular complexity index is 231. The lowest BCUT2D eigenvalue weighted by Crippen LogP contribution is -2.09. The average Bonchev–Trinajstić information content (AvgIpc) is 2.44. The minimum absolute atomic E-state index is 0.0652. The van der Waals surface area contributed by atoms with Gasteiger partial charge >= 0.3 is 0 Å². The number of nitrogens with two attached hydrogens (primary N) is 1. The normalized spacial score (nSPS) is 12.5. The fraction of sp³-hybridized carbons (Fsp3) is 0.944. The molecule has 126 valence electrons. The predicted molar refractivity (Wildman–Crippen MR) is 90.1 cm³/mol. The molecule has 0 aromatic carbocycles. The highest BCUT2D eigenvalue weighted by Crippen LogP contribution is 2.13. The molecule has 3 nitrogen and oxygen atoms in total. The van der Waals surface area contributed by atoms with Gasteiger partial charge in [0.2, 0.25) is 5.91 Å². The Kier molecular flexibility index (Phi) is 15.4. The highest BCUT2D eigenvalue weighted by Gasteiger charge is 2.01. The number of rotatable bonds is 16. The molecule has 0 rings (SSSR count). The third-order valence-electron chi connectivity index (χ3n) is 4.08. The van der Waals surface area contributed by atoms with Crippen molar-refractivity contribution in [3.05, 3.63) is 0 Å². The molecule has 0 aromatic heterocycles. The number of aliphatic hydroxyl groups is 1. The summed E-state index contributed by atoms with van der Waals surface area (Å²) in [5, 5.41) is 9.62. The molecule has 0 aliphatic heterocycles. The monoisotopic (exact) mass is 299 g/mol. The van der Waals surface area contributed by atoms with Crippen LogP contribution in [0.15, 0.2) is 0 Å². The van der Waals surface area contributed by atoms with Gasteiger partial charge in [-0.2, -0.15) is 0 Å². The Morgan fingerprint density at radius 3 is 1.67 bits per heavy atom. The van der Waals surface area contributed by atoms with Crippen LogP contribution >= 0.6 is 0 Å². The molecule has 0 aliphatic carbocycles. The summed E-state index contributed by atoms with van der Waals surface area (Å²) < 4.78 is 0. The van der Waals surface area contributed by atoms with Crippen LogP contribution in [0.1, 0.15) is 103 Å². The van der Waals surface area contributed by atoms with E-state index in [9.17, 15) is 9.90 Å². The lowest BCUT2D eigenvalue weighted by molar-refractivity contribution is -0.118. The van der Waals surface area contributed by atoms with Crippen LogP contribution in [0.5, 0.6) is 0 Å². The first kappa shape index (κ1) is 20.4. The highest BCUT2D eigenvalue weighted by atomic mass is 16.3. The first-order valence-corrected chi connectivity index (χ1v) is 9.13. The number of carbonyl (C=O) groups is 1. The molecule has 0 spiro atoms. The van der Waals surface area contributed by atoms with Gasteiger partial charge in [0.05, 0.1) is 6.10 Å². The molecule has 0 aromatic rings. The highest BCUT2D eigenvalue weighted by molar-refractivity contribution is 5.73. The summed E-state index contributed by atoms with van der Waals surface area (Å²) in [6, 6.07) is 0. The van der Waals surface area contributed by atoms with Gasteiger partial charge in [0.25, 0.3) is 0 Å². The average molecular weight is 299 g/mol. The van der Waals surface area contributed by atoms with E-state index in [1.165, 1.54) is 57.8 Å². The molecule has 0 saturated heterocycles. The first-order chi connectivity index (χ1) is 10.2. The zero-order valence-corrected chi connectivity index (χ0v) is 14.1. The van der Waals surface area contributed by atoms with Gasteiger partial charge in [-0.15, -0.1) is 0 Å². The molecule has 0 radical (unpaired) electrons. The minimum atomic E-state index is -0.169. The number of unbranched alkanes of at least 4 members (excludes halogenated alkanes) is 10. The van der Waals surface area contributed by atoms with Gasteiger partial charge in [-0.05, 0) is 19.3 Å². The molecule has 3 N–H and O–H groups in total. The smallest absolute Gasteiger partial charge is 0.217 e. The van der Waals surface area contributed by atoms with Crippen LogP contribution in [0, 0.1) is 0 Å². The van der Waals surface area contributed by atoms with Crippen molar-refractivity contribution >= 4 is 5.91 Å². The van der Waals surface area contributed by atoms with Crippen LogP contribution < -0.4 is 5.73 Å². The molecule has 0 aliphatic rings. The summed E-state index contributed by atoms with van der Waals surface area (Å²) in [6.07, 6.45) is 17.3. The van der Waals surface area contributed by atoms with Crippen molar-refractivity contribution < 1.29 is 9.90 Å². The zero-order valence-electron chi connectivity index (χ0n) is 14.1. The maximum atomic E-state index is 10.6. The summed E-state index contributed by atoms with van der Waals surface area (Å²) in [5.74, 6) is -0.169. The SMILES string of the molecule is CCCC(O)CCCCCCCCCCCCCC(N)=O. The van der Waals surface area contributed by atoms with Gasteiger partial charge in [-0.3, -0.25) is 4.79 Å². The summed E-state index contributed by atoms with van der Waals surface area (Å²) in [4.78, 5) is 10.6. The zero-order chi connectivity index (χ0) is 15.8. The van der Waals surface area contributed by atoms with E-state index >= 15 is 0 Å². The van der Waals surface area contributed by atoms with E-state index in [2.05, 4.69) is 6.92 Å². The number of carbonyl (C=O) groups excluding carboxylic acids is 1. The van der Waals surface area contributed by atoms with Crippen molar-refractivity contribution in [2.24, 2.45) is 5.73 Å². The lowest BCUT2D eigenvalue weighted by Gasteiger charge is -2.08. The summed E-state index contributed by atoms with van der Waals surface area (Å²) in [6.45, 7) is 2.13. The Morgan fingerprint density at radius 2 is 1.24 bits per heavy atom. The lowest BCUT2D eigenvalue weighted by atomic mass is 10.0. The van der Waals surface area contributed by atoms with Gasteiger partial charge in [-0.25, -0.2) is 0 Å². The van der Waals surface area contributed by atoms with Crippen LogP contribution in [0.25, 0.3) is 0 Å². The van der Waals surface area contributed by atoms with Crippen LogP contribution in [0.2, 0.25) is 0 Å². The Morgan fingerprint density at radius 1 is 0.810 bits per heavy atom. The van der Waals surface area contributed by atoms with E-state index in [0.717, 1.165) is 32.1 Å². The molecule has 1 amide bonds. The van der Waals surface area contributed by atoms with Crippen molar-refractivity contribution in [3.8, 4) is 0 Å².